The molecule has 0 saturated carbocycles. The van der Waals surface area contributed by atoms with Gasteiger partial charge in [0.15, 0.2) is 5.78 Å². The highest BCUT2D eigenvalue weighted by molar-refractivity contribution is 8.00. The molecule has 0 radical (unpaired) electrons. The number of aromatic nitrogens is 2. The van der Waals surface area contributed by atoms with Gasteiger partial charge in [0.25, 0.3) is 0 Å². The molecule has 0 aliphatic heterocycles. The number of thioether (sulfide) groups is 1. The first-order valence-corrected chi connectivity index (χ1v) is 9.59. The predicted molar refractivity (Wildman–Crippen MR) is 101 cm³/mol. The third-order valence-electron chi connectivity index (χ3n) is 3.63. The molecule has 2 aromatic heterocycles. The molecule has 0 bridgehead atoms. The van der Waals surface area contributed by atoms with Crippen LogP contribution < -0.4 is 4.74 Å². The zero-order valence-corrected chi connectivity index (χ0v) is 15.9. The molecule has 0 atom stereocenters. The zero-order chi connectivity index (χ0) is 18.5. The summed E-state index contributed by atoms with van der Waals surface area (Å²) in [6.07, 6.45) is 1.49. The van der Waals surface area contributed by atoms with E-state index >= 15 is 0 Å². The van der Waals surface area contributed by atoms with Crippen molar-refractivity contribution >= 4 is 45.1 Å². The Bertz CT molecular complexity index is 955. The number of benzene rings is 1. The lowest BCUT2D eigenvalue weighted by Crippen LogP contribution is -2.09. The van der Waals surface area contributed by atoms with Crippen molar-refractivity contribution in [2.75, 3.05) is 12.9 Å². The minimum atomic E-state index is -0.368. The summed E-state index contributed by atoms with van der Waals surface area (Å²) in [6.45, 7) is 1.53. The van der Waals surface area contributed by atoms with Gasteiger partial charge in [-0.3, -0.25) is 9.59 Å². The maximum absolute atomic E-state index is 12.1. The van der Waals surface area contributed by atoms with Crippen LogP contribution >= 0.6 is 23.1 Å². The number of rotatable bonds is 7. The van der Waals surface area contributed by atoms with E-state index in [0.717, 1.165) is 15.2 Å². The highest BCUT2D eigenvalue weighted by atomic mass is 32.2. The van der Waals surface area contributed by atoms with Crippen LogP contribution in [-0.2, 0) is 16.1 Å². The van der Waals surface area contributed by atoms with Gasteiger partial charge in [0.05, 0.1) is 12.9 Å². The third-order valence-corrected chi connectivity index (χ3v) is 5.43. The molecular formula is C18H16N2O4S2. The summed E-state index contributed by atoms with van der Waals surface area (Å²) in [7, 11) is 1.53. The molecule has 1 aromatic carbocycles. The summed E-state index contributed by atoms with van der Waals surface area (Å²) in [6, 6.07) is 7.00. The first kappa shape index (κ1) is 18.3. The van der Waals surface area contributed by atoms with Crippen LogP contribution in [0.1, 0.15) is 22.8 Å². The van der Waals surface area contributed by atoms with Crippen molar-refractivity contribution in [1.29, 1.82) is 0 Å². The van der Waals surface area contributed by atoms with Crippen LogP contribution in [0.25, 0.3) is 10.2 Å². The van der Waals surface area contributed by atoms with E-state index in [-0.39, 0.29) is 24.1 Å². The second kappa shape index (κ2) is 8.29. The van der Waals surface area contributed by atoms with Crippen molar-refractivity contribution in [2.24, 2.45) is 0 Å². The van der Waals surface area contributed by atoms with Gasteiger partial charge in [0.2, 0.25) is 0 Å². The monoisotopic (exact) mass is 388 g/mol. The van der Waals surface area contributed by atoms with E-state index in [1.165, 1.54) is 43.5 Å². The lowest BCUT2D eigenvalue weighted by Gasteiger charge is -2.10. The summed E-state index contributed by atoms with van der Waals surface area (Å²) < 4.78 is 10.6. The highest BCUT2D eigenvalue weighted by Gasteiger charge is 2.12. The SMILES string of the molecule is COc1ccc(C(C)=O)cc1COC(=O)CSc1ncnc2sccc12. The molecule has 0 spiro atoms. The normalized spacial score (nSPS) is 10.7. The van der Waals surface area contributed by atoms with Crippen LogP contribution in [0.3, 0.4) is 0 Å². The number of esters is 1. The summed E-state index contributed by atoms with van der Waals surface area (Å²) in [5, 5.41) is 3.63. The molecule has 0 saturated heterocycles. The number of ketones is 1. The maximum atomic E-state index is 12.1. The molecule has 26 heavy (non-hydrogen) atoms. The maximum Gasteiger partial charge on any atom is 0.316 e. The molecule has 2 heterocycles. The summed E-state index contributed by atoms with van der Waals surface area (Å²) in [4.78, 5) is 32.9. The van der Waals surface area contributed by atoms with Crippen molar-refractivity contribution in [1.82, 2.24) is 9.97 Å². The van der Waals surface area contributed by atoms with Gasteiger partial charge in [0.1, 0.15) is 28.5 Å². The Kier molecular flexibility index (Phi) is 5.85. The molecule has 0 unspecified atom stereocenters. The Morgan fingerprint density at radius 2 is 2.08 bits per heavy atom. The minimum absolute atomic E-state index is 0.0430. The number of thiophene rings is 1. The van der Waals surface area contributed by atoms with E-state index in [1.807, 2.05) is 11.4 Å². The second-order valence-electron chi connectivity index (χ2n) is 5.35. The molecule has 0 N–H and O–H groups in total. The van der Waals surface area contributed by atoms with E-state index in [0.29, 0.717) is 16.9 Å². The fourth-order valence-electron chi connectivity index (χ4n) is 2.32. The molecule has 6 nitrogen and oxygen atoms in total. The van der Waals surface area contributed by atoms with Gasteiger partial charge in [0, 0.05) is 16.5 Å². The molecule has 0 amide bonds. The van der Waals surface area contributed by atoms with Crippen LogP contribution in [0, 0.1) is 0 Å². The largest absolute Gasteiger partial charge is 0.496 e. The van der Waals surface area contributed by atoms with Crippen LogP contribution in [0.2, 0.25) is 0 Å². The first-order valence-electron chi connectivity index (χ1n) is 7.73. The molecule has 134 valence electrons. The Morgan fingerprint density at radius 3 is 2.85 bits per heavy atom. The molecular weight excluding hydrogens is 372 g/mol. The number of methoxy groups -OCH3 is 1. The van der Waals surface area contributed by atoms with Crippen molar-refractivity contribution in [3.05, 3.63) is 47.1 Å². The fourth-order valence-corrected chi connectivity index (χ4v) is 3.90. The lowest BCUT2D eigenvalue weighted by molar-refractivity contribution is -0.141. The summed E-state index contributed by atoms with van der Waals surface area (Å²) >= 11 is 2.84. The van der Waals surface area contributed by atoms with E-state index in [2.05, 4.69) is 9.97 Å². The van der Waals surface area contributed by atoms with E-state index < -0.39 is 0 Å². The standard InChI is InChI=1S/C18H16N2O4S2/c1-11(21)12-3-4-15(23-2)13(7-12)8-24-16(22)9-26-18-14-5-6-25-17(14)19-10-20-18/h3-7,10H,8-9H2,1-2H3. The predicted octanol–water partition coefficient (Wildman–Crippen LogP) is 3.74. The van der Waals surface area contributed by atoms with Gasteiger partial charge in [-0.05, 0) is 36.6 Å². The fraction of sp³-hybridized carbons (Fsp3) is 0.222. The van der Waals surface area contributed by atoms with E-state index in [9.17, 15) is 9.59 Å². The Labute approximate surface area is 158 Å². The smallest absolute Gasteiger partial charge is 0.316 e. The lowest BCUT2D eigenvalue weighted by atomic mass is 10.1. The number of hydrogen-bond acceptors (Lipinski definition) is 8. The Hall–Kier alpha value is -2.45. The minimum Gasteiger partial charge on any atom is -0.496 e. The topological polar surface area (TPSA) is 78.4 Å². The third kappa shape index (κ3) is 4.20. The zero-order valence-electron chi connectivity index (χ0n) is 14.2. The van der Waals surface area contributed by atoms with E-state index in [1.54, 1.807) is 18.2 Å². The molecule has 3 rings (SSSR count). The average Bonchev–Trinajstić information content (AvgIpc) is 3.13. The quantitative estimate of drug-likeness (QED) is 0.264. The van der Waals surface area contributed by atoms with Gasteiger partial charge in [-0.2, -0.15) is 0 Å². The van der Waals surface area contributed by atoms with Crippen LogP contribution in [0.15, 0.2) is 41.0 Å². The van der Waals surface area contributed by atoms with Crippen molar-refractivity contribution in [3.8, 4) is 5.75 Å². The number of carbonyl (C=O) groups excluding carboxylic acids is 2. The molecule has 0 aliphatic rings. The molecule has 0 fully saturated rings. The average molecular weight is 388 g/mol. The Morgan fingerprint density at radius 1 is 1.23 bits per heavy atom. The number of Topliss-reactive ketones (excluding diaryl/α,β-unsaturated/α-hetero) is 1. The number of hydrogen-bond donors (Lipinski definition) is 0. The molecule has 3 aromatic rings. The van der Waals surface area contributed by atoms with Gasteiger partial charge in [-0.1, -0.05) is 11.8 Å². The number of nitrogens with zero attached hydrogens (tertiary/aromatic N) is 2. The number of ether oxygens (including phenoxy) is 2. The van der Waals surface area contributed by atoms with E-state index in [4.69, 9.17) is 9.47 Å². The van der Waals surface area contributed by atoms with Crippen LogP contribution in [-0.4, -0.2) is 34.6 Å². The van der Waals surface area contributed by atoms with Gasteiger partial charge < -0.3 is 9.47 Å². The molecule has 0 aliphatic carbocycles. The Balaban J connectivity index is 1.61. The van der Waals surface area contributed by atoms with Gasteiger partial charge in [-0.15, -0.1) is 11.3 Å². The van der Waals surface area contributed by atoms with Gasteiger partial charge >= 0.3 is 5.97 Å². The van der Waals surface area contributed by atoms with Gasteiger partial charge in [-0.25, -0.2) is 9.97 Å². The molecule has 8 heteroatoms. The van der Waals surface area contributed by atoms with Crippen molar-refractivity contribution in [2.45, 2.75) is 18.6 Å². The summed E-state index contributed by atoms with van der Waals surface area (Å²) in [5.74, 6) is 0.286. The van der Waals surface area contributed by atoms with Crippen LogP contribution in [0.4, 0.5) is 0 Å². The van der Waals surface area contributed by atoms with Crippen LogP contribution in [0.5, 0.6) is 5.75 Å². The highest BCUT2D eigenvalue weighted by Crippen LogP contribution is 2.28. The first-order chi connectivity index (χ1) is 12.6. The second-order valence-corrected chi connectivity index (χ2v) is 7.21. The number of carbonyl (C=O) groups is 2. The van der Waals surface area contributed by atoms with Crippen molar-refractivity contribution < 1.29 is 19.1 Å². The summed E-state index contributed by atoms with van der Waals surface area (Å²) in [5.41, 5.74) is 1.20. The number of fused-ring (bicyclic) bond motifs is 1. The van der Waals surface area contributed by atoms with Crippen molar-refractivity contribution in [3.63, 3.8) is 0 Å².